The van der Waals surface area contributed by atoms with E-state index in [1.165, 1.54) is 5.56 Å². The number of aryl methyl sites for hydroxylation is 2. The second-order valence-corrected chi connectivity index (χ2v) is 6.84. The number of urea groups is 1. The predicted octanol–water partition coefficient (Wildman–Crippen LogP) is 2.72. The van der Waals surface area contributed by atoms with Crippen molar-refractivity contribution < 1.29 is 14.3 Å². The lowest BCUT2D eigenvalue weighted by atomic mass is 10.1. The largest absolute Gasteiger partial charge is 0.484 e. The quantitative estimate of drug-likeness (QED) is 0.847. The Kier molecular flexibility index (Phi) is 7.30. The maximum Gasteiger partial charge on any atom is 0.319 e. The van der Waals surface area contributed by atoms with Crippen LogP contribution in [0.2, 0.25) is 0 Å². The number of hydrogen-bond donors (Lipinski definition) is 1. The fourth-order valence-electron chi connectivity index (χ4n) is 3.28. The van der Waals surface area contributed by atoms with Crippen LogP contribution in [-0.2, 0) is 4.79 Å². The summed E-state index contributed by atoms with van der Waals surface area (Å²) in [7, 11) is 0. The lowest BCUT2D eigenvalue weighted by Gasteiger charge is -2.35. The molecule has 6 heteroatoms. The minimum absolute atomic E-state index is 0.0164. The molecule has 1 aliphatic rings. The molecule has 1 aliphatic heterocycles. The molecule has 3 amide bonds. The van der Waals surface area contributed by atoms with Crippen molar-refractivity contribution in [2.24, 2.45) is 0 Å². The maximum atomic E-state index is 12.3. The Hall–Kier alpha value is -2.24. The highest BCUT2D eigenvalue weighted by molar-refractivity contribution is 5.78. The lowest BCUT2D eigenvalue weighted by molar-refractivity contribution is -0.124. The van der Waals surface area contributed by atoms with Crippen molar-refractivity contribution in [2.45, 2.75) is 46.6 Å². The van der Waals surface area contributed by atoms with E-state index in [1.807, 2.05) is 55.7 Å². The molecule has 1 fully saturated rings. The summed E-state index contributed by atoms with van der Waals surface area (Å²) in [5.74, 6) is 0.629. The van der Waals surface area contributed by atoms with Gasteiger partial charge in [0.25, 0.3) is 5.91 Å². The Morgan fingerprint density at radius 3 is 2.42 bits per heavy atom. The molecule has 1 saturated heterocycles. The summed E-state index contributed by atoms with van der Waals surface area (Å²) in [4.78, 5) is 28.2. The van der Waals surface area contributed by atoms with Crippen LogP contribution in [0.25, 0.3) is 0 Å². The zero-order chi connectivity index (χ0) is 19.1. The zero-order valence-electron chi connectivity index (χ0n) is 16.4. The summed E-state index contributed by atoms with van der Waals surface area (Å²) in [6.45, 7) is 10.8. The minimum Gasteiger partial charge on any atom is -0.484 e. The summed E-state index contributed by atoms with van der Waals surface area (Å²) in [6.07, 6.45) is 1.56. The van der Waals surface area contributed by atoms with E-state index in [-0.39, 0.29) is 24.6 Å². The first kappa shape index (κ1) is 20.1. The van der Waals surface area contributed by atoms with Crippen molar-refractivity contribution in [2.75, 3.05) is 32.8 Å². The number of carbonyl (C=O) groups excluding carboxylic acids is 2. The maximum absolute atomic E-state index is 12.3. The number of benzene rings is 1. The van der Waals surface area contributed by atoms with E-state index in [4.69, 9.17) is 4.74 Å². The molecule has 0 bridgehead atoms. The Balaban J connectivity index is 1.75. The standard InChI is InChI=1S/C20H31N3O3/c1-5-22(6-2)20(25)23-11-9-17(10-12-23)21-19(24)14-26-18-8-7-15(3)13-16(18)4/h7-8,13,17H,5-6,9-12,14H2,1-4H3,(H,21,24). The summed E-state index contributed by atoms with van der Waals surface area (Å²) < 4.78 is 5.63. The zero-order valence-corrected chi connectivity index (χ0v) is 16.4. The van der Waals surface area contributed by atoms with Gasteiger partial charge in [-0.15, -0.1) is 0 Å². The van der Waals surface area contributed by atoms with Crippen molar-refractivity contribution in [1.29, 1.82) is 0 Å². The topological polar surface area (TPSA) is 61.9 Å². The smallest absolute Gasteiger partial charge is 0.319 e. The van der Waals surface area contributed by atoms with Gasteiger partial charge >= 0.3 is 6.03 Å². The molecule has 0 atom stereocenters. The van der Waals surface area contributed by atoms with Crippen LogP contribution in [0.15, 0.2) is 18.2 Å². The van der Waals surface area contributed by atoms with Gasteiger partial charge in [0.05, 0.1) is 0 Å². The molecule has 0 saturated carbocycles. The van der Waals surface area contributed by atoms with E-state index >= 15 is 0 Å². The molecule has 0 radical (unpaired) electrons. The summed E-state index contributed by atoms with van der Waals surface area (Å²) in [6, 6.07) is 6.11. The van der Waals surface area contributed by atoms with Crippen LogP contribution in [0.5, 0.6) is 5.75 Å². The molecule has 1 N–H and O–H groups in total. The van der Waals surface area contributed by atoms with Crippen LogP contribution >= 0.6 is 0 Å². The van der Waals surface area contributed by atoms with Gasteiger partial charge in [-0.3, -0.25) is 4.79 Å². The van der Waals surface area contributed by atoms with Crippen LogP contribution < -0.4 is 10.1 Å². The monoisotopic (exact) mass is 361 g/mol. The molecule has 0 unspecified atom stereocenters. The third-order valence-corrected chi connectivity index (χ3v) is 4.85. The van der Waals surface area contributed by atoms with Gasteiger partial charge in [-0.2, -0.15) is 0 Å². The summed E-state index contributed by atoms with van der Waals surface area (Å²) in [5.41, 5.74) is 2.20. The van der Waals surface area contributed by atoms with Crippen molar-refractivity contribution in [1.82, 2.24) is 15.1 Å². The lowest BCUT2D eigenvalue weighted by Crippen LogP contribution is -2.51. The molecule has 1 heterocycles. The number of likely N-dealkylation sites (tertiary alicyclic amines) is 1. The highest BCUT2D eigenvalue weighted by Gasteiger charge is 2.26. The van der Waals surface area contributed by atoms with E-state index in [0.29, 0.717) is 13.1 Å². The predicted molar refractivity (Wildman–Crippen MR) is 102 cm³/mol. The molecule has 6 nitrogen and oxygen atoms in total. The second kappa shape index (κ2) is 9.46. The summed E-state index contributed by atoms with van der Waals surface area (Å²) in [5, 5.41) is 3.02. The third kappa shape index (κ3) is 5.38. The second-order valence-electron chi connectivity index (χ2n) is 6.84. The van der Waals surface area contributed by atoms with Gasteiger partial charge in [0.15, 0.2) is 6.61 Å². The van der Waals surface area contributed by atoms with Crippen LogP contribution in [0.4, 0.5) is 4.79 Å². The van der Waals surface area contributed by atoms with Gasteiger partial charge in [-0.1, -0.05) is 17.7 Å². The van der Waals surface area contributed by atoms with Crippen molar-refractivity contribution in [3.05, 3.63) is 29.3 Å². The van der Waals surface area contributed by atoms with Crippen molar-refractivity contribution in [3.8, 4) is 5.75 Å². The van der Waals surface area contributed by atoms with Gasteiger partial charge in [0.1, 0.15) is 5.75 Å². The minimum atomic E-state index is -0.113. The van der Waals surface area contributed by atoms with Gasteiger partial charge in [0.2, 0.25) is 0 Å². The SMILES string of the molecule is CCN(CC)C(=O)N1CCC(NC(=O)COc2ccc(C)cc2C)CC1. The molecule has 0 aromatic heterocycles. The molecule has 26 heavy (non-hydrogen) atoms. The fraction of sp³-hybridized carbons (Fsp3) is 0.600. The number of rotatable bonds is 6. The van der Waals surface area contributed by atoms with E-state index < -0.39 is 0 Å². The molecule has 1 aromatic carbocycles. The first-order chi connectivity index (χ1) is 12.4. The summed E-state index contributed by atoms with van der Waals surface area (Å²) >= 11 is 0. The highest BCUT2D eigenvalue weighted by atomic mass is 16.5. The van der Waals surface area contributed by atoms with E-state index in [9.17, 15) is 9.59 Å². The van der Waals surface area contributed by atoms with Crippen LogP contribution in [-0.4, -0.2) is 60.6 Å². The van der Waals surface area contributed by atoms with Gasteiger partial charge in [0, 0.05) is 32.2 Å². The Morgan fingerprint density at radius 2 is 1.85 bits per heavy atom. The molecule has 144 valence electrons. The average Bonchev–Trinajstić information content (AvgIpc) is 2.62. The molecular weight excluding hydrogens is 330 g/mol. The number of piperidine rings is 1. The van der Waals surface area contributed by atoms with E-state index in [2.05, 4.69) is 5.32 Å². The first-order valence-electron chi connectivity index (χ1n) is 9.47. The first-order valence-corrected chi connectivity index (χ1v) is 9.47. The van der Waals surface area contributed by atoms with Gasteiger partial charge < -0.3 is 19.9 Å². The van der Waals surface area contributed by atoms with Crippen molar-refractivity contribution in [3.63, 3.8) is 0 Å². The van der Waals surface area contributed by atoms with Gasteiger partial charge in [-0.25, -0.2) is 4.79 Å². The molecule has 2 rings (SSSR count). The van der Waals surface area contributed by atoms with E-state index in [1.54, 1.807) is 0 Å². The normalized spacial score (nSPS) is 14.8. The average molecular weight is 361 g/mol. The van der Waals surface area contributed by atoms with Crippen LogP contribution in [0.3, 0.4) is 0 Å². The number of carbonyl (C=O) groups is 2. The molecule has 0 spiro atoms. The van der Waals surface area contributed by atoms with Crippen LogP contribution in [0, 0.1) is 13.8 Å². The Bertz CT molecular complexity index is 621. The number of amides is 3. The van der Waals surface area contributed by atoms with Crippen molar-refractivity contribution >= 4 is 11.9 Å². The third-order valence-electron chi connectivity index (χ3n) is 4.85. The number of nitrogens with zero attached hydrogens (tertiary/aromatic N) is 2. The number of hydrogen-bond acceptors (Lipinski definition) is 3. The van der Waals surface area contributed by atoms with Gasteiger partial charge in [-0.05, 0) is 52.2 Å². The van der Waals surface area contributed by atoms with Crippen LogP contribution in [0.1, 0.15) is 37.8 Å². The highest BCUT2D eigenvalue weighted by Crippen LogP contribution is 2.18. The van der Waals surface area contributed by atoms with E-state index in [0.717, 1.165) is 37.2 Å². The molecule has 1 aromatic rings. The fourth-order valence-corrected chi connectivity index (χ4v) is 3.28. The molecular formula is C20H31N3O3. The molecule has 0 aliphatic carbocycles. The Morgan fingerprint density at radius 1 is 1.19 bits per heavy atom. The number of ether oxygens (including phenoxy) is 1. The Labute approximate surface area is 156 Å². The number of nitrogens with one attached hydrogen (secondary N) is 1.